The fraction of sp³-hybridized carbons (Fsp3) is 0.750. The summed E-state index contributed by atoms with van der Waals surface area (Å²) in [6, 6.07) is 0.479. The van der Waals surface area contributed by atoms with Crippen LogP contribution in [0.3, 0.4) is 0 Å². The van der Waals surface area contributed by atoms with Crippen LogP contribution in [0.4, 0.5) is 0 Å². The molecule has 1 aromatic rings. The predicted octanol–water partition coefficient (Wildman–Crippen LogP) is 0.479. The molecule has 0 radical (unpaired) electrons. The lowest BCUT2D eigenvalue weighted by atomic mass is 10.1. The van der Waals surface area contributed by atoms with Crippen molar-refractivity contribution < 1.29 is 5.11 Å². The second-order valence-electron chi connectivity index (χ2n) is 4.57. The number of aryl methyl sites for hydroxylation is 2. The molecule has 1 rings (SSSR count). The third-order valence-corrected chi connectivity index (χ3v) is 2.94. The van der Waals surface area contributed by atoms with Crippen LogP contribution in [0.1, 0.15) is 37.1 Å². The fourth-order valence-electron chi connectivity index (χ4n) is 2.07. The Bertz CT molecular complexity index is 337. The van der Waals surface area contributed by atoms with Crippen LogP contribution >= 0.6 is 0 Å². The highest BCUT2D eigenvalue weighted by Crippen LogP contribution is 2.16. The first-order valence-electron chi connectivity index (χ1n) is 6.15. The molecule has 1 aromatic heterocycles. The third-order valence-electron chi connectivity index (χ3n) is 2.94. The Morgan fingerprint density at radius 2 is 2.29 bits per heavy atom. The van der Waals surface area contributed by atoms with E-state index in [1.807, 2.05) is 24.9 Å². The minimum Gasteiger partial charge on any atom is -0.396 e. The molecular formula is C12H24N4O. The molecule has 0 saturated carbocycles. The van der Waals surface area contributed by atoms with Crippen molar-refractivity contribution >= 4 is 0 Å². The Balaban J connectivity index is 2.62. The molecule has 0 aliphatic rings. The smallest absolute Gasteiger partial charge is 0.0641 e. The summed E-state index contributed by atoms with van der Waals surface area (Å²) in [7, 11) is 1.92. The van der Waals surface area contributed by atoms with Gasteiger partial charge in [-0.1, -0.05) is 0 Å². The van der Waals surface area contributed by atoms with Gasteiger partial charge < -0.3 is 16.2 Å². The lowest BCUT2D eigenvalue weighted by Crippen LogP contribution is -2.35. The number of hydrogen-bond donors (Lipinski definition) is 3. The Kier molecular flexibility index (Phi) is 5.61. The van der Waals surface area contributed by atoms with Gasteiger partial charge in [-0.15, -0.1) is 0 Å². The lowest BCUT2D eigenvalue weighted by Gasteiger charge is -2.21. The summed E-state index contributed by atoms with van der Waals surface area (Å²) in [6.45, 7) is 4.91. The summed E-state index contributed by atoms with van der Waals surface area (Å²) in [4.78, 5) is 0. The van der Waals surface area contributed by atoms with E-state index in [4.69, 9.17) is 10.8 Å². The molecule has 0 aliphatic carbocycles. The molecular weight excluding hydrogens is 216 g/mol. The van der Waals surface area contributed by atoms with Gasteiger partial charge in [-0.25, -0.2) is 0 Å². The standard InChI is InChI=1S/C12H24N4O/c1-9(5-4-6-17)14-12(7-13)11-8-16(3)15-10(11)2/h8-9,12,14,17H,4-7,13H2,1-3H3. The van der Waals surface area contributed by atoms with Crippen LogP contribution in [-0.4, -0.2) is 34.1 Å². The average Bonchev–Trinajstić information content (AvgIpc) is 2.62. The van der Waals surface area contributed by atoms with Crippen LogP contribution in [0.5, 0.6) is 0 Å². The second-order valence-corrected chi connectivity index (χ2v) is 4.57. The van der Waals surface area contributed by atoms with E-state index in [1.54, 1.807) is 0 Å². The molecule has 98 valence electrons. The van der Waals surface area contributed by atoms with Crippen LogP contribution in [0.2, 0.25) is 0 Å². The molecule has 1 heterocycles. The molecule has 5 heteroatoms. The van der Waals surface area contributed by atoms with Crippen molar-refractivity contribution in [1.82, 2.24) is 15.1 Å². The lowest BCUT2D eigenvalue weighted by molar-refractivity contribution is 0.274. The van der Waals surface area contributed by atoms with E-state index in [9.17, 15) is 0 Å². The summed E-state index contributed by atoms with van der Waals surface area (Å²) in [6.07, 6.45) is 3.78. The zero-order chi connectivity index (χ0) is 12.8. The molecule has 2 unspecified atom stereocenters. The normalized spacial score (nSPS) is 14.9. The average molecular weight is 240 g/mol. The van der Waals surface area contributed by atoms with Gasteiger partial charge in [-0.05, 0) is 26.7 Å². The van der Waals surface area contributed by atoms with E-state index in [2.05, 4.69) is 17.3 Å². The van der Waals surface area contributed by atoms with Gasteiger partial charge in [0.1, 0.15) is 0 Å². The highest BCUT2D eigenvalue weighted by molar-refractivity contribution is 5.20. The Morgan fingerprint density at radius 1 is 1.59 bits per heavy atom. The molecule has 0 fully saturated rings. The van der Waals surface area contributed by atoms with Crippen LogP contribution in [0, 0.1) is 6.92 Å². The van der Waals surface area contributed by atoms with Crippen molar-refractivity contribution in [2.45, 2.75) is 38.8 Å². The summed E-state index contributed by atoms with van der Waals surface area (Å²) in [5, 5.41) is 16.6. The maximum absolute atomic E-state index is 8.81. The largest absolute Gasteiger partial charge is 0.396 e. The Labute approximate surface area is 103 Å². The molecule has 2 atom stereocenters. The quantitative estimate of drug-likeness (QED) is 0.648. The summed E-state index contributed by atoms with van der Waals surface area (Å²) >= 11 is 0. The maximum atomic E-state index is 8.81. The Hall–Kier alpha value is -0.910. The van der Waals surface area contributed by atoms with Gasteiger partial charge in [0.25, 0.3) is 0 Å². The molecule has 17 heavy (non-hydrogen) atoms. The zero-order valence-electron chi connectivity index (χ0n) is 11.0. The number of aromatic nitrogens is 2. The molecule has 0 saturated heterocycles. The molecule has 4 N–H and O–H groups in total. The van der Waals surface area contributed by atoms with Crippen molar-refractivity contribution in [2.75, 3.05) is 13.2 Å². The van der Waals surface area contributed by atoms with Crippen LogP contribution < -0.4 is 11.1 Å². The molecule has 0 bridgehead atoms. The van der Waals surface area contributed by atoms with Crippen molar-refractivity contribution in [3.63, 3.8) is 0 Å². The van der Waals surface area contributed by atoms with Gasteiger partial charge in [-0.2, -0.15) is 5.10 Å². The van der Waals surface area contributed by atoms with Crippen LogP contribution in [-0.2, 0) is 7.05 Å². The van der Waals surface area contributed by atoms with Gasteiger partial charge in [0.05, 0.1) is 5.69 Å². The van der Waals surface area contributed by atoms with Gasteiger partial charge >= 0.3 is 0 Å². The SMILES string of the molecule is Cc1nn(C)cc1C(CN)NC(C)CCCO. The van der Waals surface area contributed by atoms with Crippen molar-refractivity contribution in [3.05, 3.63) is 17.5 Å². The van der Waals surface area contributed by atoms with Gasteiger partial charge in [-0.3, -0.25) is 4.68 Å². The molecule has 0 amide bonds. The van der Waals surface area contributed by atoms with E-state index < -0.39 is 0 Å². The first-order chi connectivity index (χ1) is 8.08. The number of nitrogens with two attached hydrogens (primary N) is 1. The first-order valence-corrected chi connectivity index (χ1v) is 6.15. The molecule has 0 spiro atoms. The first kappa shape index (κ1) is 14.2. The van der Waals surface area contributed by atoms with E-state index in [0.29, 0.717) is 12.6 Å². The second kappa shape index (κ2) is 6.74. The third kappa shape index (κ3) is 4.11. The number of hydrogen-bond acceptors (Lipinski definition) is 4. The number of rotatable bonds is 7. The predicted molar refractivity (Wildman–Crippen MR) is 68.7 cm³/mol. The Morgan fingerprint density at radius 3 is 2.76 bits per heavy atom. The van der Waals surface area contributed by atoms with Crippen LogP contribution in [0.25, 0.3) is 0 Å². The molecule has 0 aliphatic heterocycles. The van der Waals surface area contributed by atoms with E-state index in [1.165, 1.54) is 0 Å². The van der Waals surface area contributed by atoms with E-state index in [-0.39, 0.29) is 12.6 Å². The number of aliphatic hydroxyl groups excluding tert-OH is 1. The minimum absolute atomic E-state index is 0.136. The topological polar surface area (TPSA) is 76.1 Å². The molecule has 0 aromatic carbocycles. The number of nitrogens with zero attached hydrogens (tertiary/aromatic N) is 2. The summed E-state index contributed by atoms with van der Waals surface area (Å²) in [5.74, 6) is 0. The van der Waals surface area contributed by atoms with E-state index >= 15 is 0 Å². The molecule has 5 nitrogen and oxygen atoms in total. The maximum Gasteiger partial charge on any atom is 0.0641 e. The van der Waals surface area contributed by atoms with Crippen molar-refractivity contribution in [2.24, 2.45) is 12.8 Å². The zero-order valence-corrected chi connectivity index (χ0v) is 11.0. The van der Waals surface area contributed by atoms with Crippen molar-refractivity contribution in [1.29, 1.82) is 0 Å². The van der Waals surface area contributed by atoms with Crippen molar-refractivity contribution in [3.8, 4) is 0 Å². The fourth-order valence-corrected chi connectivity index (χ4v) is 2.07. The van der Waals surface area contributed by atoms with Crippen LogP contribution in [0.15, 0.2) is 6.20 Å². The summed E-state index contributed by atoms with van der Waals surface area (Å²) < 4.78 is 1.81. The van der Waals surface area contributed by atoms with E-state index in [0.717, 1.165) is 24.1 Å². The number of nitrogens with one attached hydrogen (secondary N) is 1. The van der Waals surface area contributed by atoms with Gasteiger partial charge in [0.15, 0.2) is 0 Å². The monoisotopic (exact) mass is 240 g/mol. The minimum atomic E-state index is 0.136. The highest BCUT2D eigenvalue weighted by Gasteiger charge is 2.16. The van der Waals surface area contributed by atoms with Gasteiger partial charge in [0, 0.05) is 44.0 Å². The summed E-state index contributed by atoms with van der Waals surface area (Å²) in [5.41, 5.74) is 7.99. The number of aliphatic hydroxyl groups is 1. The highest BCUT2D eigenvalue weighted by atomic mass is 16.2. The van der Waals surface area contributed by atoms with Gasteiger partial charge in [0.2, 0.25) is 0 Å².